The van der Waals surface area contributed by atoms with Crippen molar-refractivity contribution >= 4 is 17.3 Å². The van der Waals surface area contributed by atoms with Gasteiger partial charge in [0.25, 0.3) is 0 Å². The van der Waals surface area contributed by atoms with E-state index in [0.717, 1.165) is 12.8 Å². The lowest BCUT2D eigenvalue weighted by Crippen LogP contribution is -2.46. The van der Waals surface area contributed by atoms with E-state index in [0.29, 0.717) is 19.1 Å². The van der Waals surface area contributed by atoms with Crippen LogP contribution in [0.15, 0.2) is 17.1 Å². The standard InChI is InChI=1S/C13H24N4OS/c1-10(9-12-6-5-11(2)19-12)16-13(17-14)15-7-4-8-18-3/h5-6,10H,4,7-9,14H2,1-3H3,(H2,15,16,17). The molecule has 1 aromatic rings. The van der Waals surface area contributed by atoms with Crippen molar-refractivity contribution in [3.05, 3.63) is 21.9 Å². The highest BCUT2D eigenvalue weighted by Crippen LogP contribution is 2.16. The molecule has 6 heteroatoms. The van der Waals surface area contributed by atoms with Gasteiger partial charge in [0.05, 0.1) is 0 Å². The molecule has 0 bridgehead atoms. The lowest BCUT2D eigenvalue weighted by atomic mass is 10.2. The highest BCUT2D eigenvalue weighted by atomic mass is 32.1. The predicted molar refractivity (Wildman–Crippen MR) is 81.5 cm³/mol. The first-order valence-electron chi connectivity index (χ1n) is 6.47. The Hall–Kier alpha value is -1.11. The molecule has 0 amide bonds. The van der Waals surface area contributed by atoms with Gasteiger partial charge < -0.3 is 10.1 Å². The summed E-state index contributed by atoms with van der Waals surface area (Å²) in [6.07, 6.45) is 1.86. The number of hydrogen-bond acceptors (Lipinski definition) is 4. The fourth-order valence-corrected chi connectivity index (χ4v) is 2.73. The second-order valence-electron chi connectivity index (χ2n) is 4.48. The Balaban J connectivity index is 2.37. The zero-order valence-corrected chi connectivity index (χ0v) is 12.7. The summed E-state index contributed by atoms with van der Waals surface area (Å²) in [6, 6.07) is 4.60. The number of aryl methyl sites for hydroxylation is 1. The number of aliphatic imine (C=N–C) groups is 1. The Bertz CT molecular complexity index is 392. The molecule has 0 aliphatic heterocycles. The Morgan fingerprint density at radius 1 is 1.53 bits per heavy atom. The average Bonchev–Trinajstić information content (AvgIpc) is 2.78. The Morgan fingerprint density at radius 3 is 2.89 bits per heavy atom. The molecule has 1 aromatic heterocycles. The summed E-state index contributed by atoms with van der Waals surface area (Å²) in [5.74, 6) is 6.10. The van der Waals surface area contributed by atoms with Gasteiger partial charge in [-0.1, -0.05) is 0 Å². The van der Waals surface area contributed by atoms with Gasteiger partial charge in [0.15, 0.2) is 0 Å². The van der Waals surface area contributed by atoms with E-state index < -0.39 is 0 Å². The number of nitrogens with zero attached hydrogens (tertiary/aromatic N) is 1. The number of ether oxygens (including phenoxy) is 1. The van der Waals surface area contributed by atoms with Crippen LogP contribution in [-0.2, 0) is 11.2 Å². The first-order valence-corrected chi connectivity index (χ1v) is 7.29. The minimum Gasteiger partial charge on any atom is -0.385 e. The third kappa shape index (κ3) is 6.56. The van der Waals surface area contributed by atoms with Crippen molar-refractivity contribution in [2.45, 2.75) is 32.7 Å². The highest BCUT2D eigenvalue weighted by molar-refractivity contribution is 7.11. The van der Waals surface area contributed by atoms with Gasteiger partial charge in [-0.2, -0.15) is 0 Å². The molecule has 0 saturated carbocycles. The molecule has 0 radical (unpaired) electrons. The van der Waals surface area contributed by atoms with Gasteiger partial charge in [-0.05, 0) is 32.4 Å². The molecule has 0 aliphatic rings. The van der Waals surface area contributed by atoms with Crippen LogP contribution in [0.1, 0.15) is 23.1 Å². The van der Waals surface area contributed by atoms with Crippen molar-refractivity contribution in [2.75, 3.05) is 20.3 Å². The van der Waals surface area contributed by atoms with Gasteiger partial charge in [-0.25, -0.2) is 5.84 Å². The van der Waals surface area contributed by atoms with Crippen molar-refractivity contribution in [1.29, 1.82) is 0 Å². The molecule has 1 heterocycles. The first-order chi connectivity index (χ1) is 9.15. The van der Waals surface area contributed by atoms with Gasteiger partial charge in [0.2, 0.25) is 5.96 Å². The van der Waals surface area contributed by atoms with E-state index >= 15 is 0 Å². The fourth-order valence-electron chi connectivity index (χ4n) is 1.71. The number of hydrazine groups is 1. The molecule has 108 valence electrons. The molecule has 0 saturated heterocycles. The number of nitrogens with two attached hydrogens (primary N) is 1. The number of guanidine groups is 1. The molecule has 0 spiro atoms. The number of hydrogen-bond donors (Lipinski definition) is 3. The quantitative estimate of drug-likeness (QED) is 0.233. The van der Waals surface area contributed by atoms with E-state index in [9.17, 15) is 0 Å². The summed E-state index contributed by atoms with van der Waals surface area (Å²) in [6.45, 7) is 5.66. The highest BCUT2D eigenvalue weighted by Gasteiger charge is 2.07. The van der Waals surface area contributed by atoms with Crippen LogP contribution >= 0.6 is 11.3 Å². The summed E-state index contributed by atoms with van der Waals surface area (Å²) in [5, 5.41) is 3.28. The maximum atomic E-state index is 5.46. The largest absolute Gasteiger partial charge is 0.385 e. The molecular weight excluding hydrogens is 260 g/mol. The topological polar surface area (TPSA) is 71.7 Å². The fraction of sp³-hybridized carbons (Fsp3) is 0.615. The third-order valence-electron chi connectivity index (χ3n) is 2.60. The smallest absolute Gasteiger partial charge is 0.205 e. The van der Waals surface area contributed by atoms with Gasteiger partial charge in [-0.15, -0.1) is 11.3 Å². The maximum absolute atomic E-state index is 5.46. The number of rotatable bonds is 7. The van der Waals surface area contributed by atoms with Crippen molar-refractivity contribution in [1.82, 2.24) is 10.7 Å². The van der Waals surface area contributed by atoms with E-state index in [4.69, 9.17) is 10.6 Å². The number of thiophene rings is 1. The zero-order chi connectivity index (χ0) is 14.1. The maximum Gasteiger partial charge on any atom is 0.205 e. The molecule has 0 aromatic carbocycles. The van der Waals surface area contributed by atoms with Crippen LogP contribution in [0.25, 0.3) is 0 Å². The van der Waals surface area contributed by atoms with E-state index in [-0.39, 0.29) is 6.04 Å². The molecule has 0 fully saturated rings. The van der Waals surface area contributed by atoms with Crippen LogP contribution in [0.2, 0.25) is 0 Å². The second-order valence-corrected chi connectivity index (χ2v) is 5.86. The van der Waals surface area contributed by atoms with Gasteiger partial charge in [0, 0.05) is 42.5 Å². The van der Waals surface area contributed by atoms with Crippen LogP contribution in [0, 0.1) is 6.92 Å². The van der Waals surface area contributed by atoms with Gasteiger partial charge in [0.1, 0.15) is 0 Å². The summed E-state index contributed by atoms with van der Waals surface area (Å²) in [4.78, 5) is 7.07. The van der Waals surface area contributed by atoms with E-state index in [1.807, 2.05) is 11.3 Å². The van der Waals surface area contributed by atoms with Crippen LogP contribution in [0.4, 0.5) is 0 Å². The minimum atomic E-state index is 0.287. The summed E-state index contributed by atoms with van der Waals surface area (Å²) in [7, 11) is 1.69. The number of methoxy groups -OCH3 is 1. The zero-order valence-electron chi connectivity index (χ0n) is 11.9. The Morgan fingerprint density at radius 2 is 2.32 bits per heavy atom. The summed E-state index contributed by atoms with van der Waals surface area (Å²) in [5.41, 5.74) is 2.60. The molecule has 4 N–H and O–H groups in total. The second kappa shape index (κ2) is 8.90. The van der Waals surface area contributed by atoms with E-state index in [1.165, 1.54) is 9.75 Å². The van der Waals surface area contributed by atoms with Crippen LogP contribution < -0.4 is 16.6 Å². The summed E-state index contributed by atoms with van der Waals surface area (Å²) < 4.78 is 4.98. The molecule has 19 heavy (non-hydrogen) atoms. The van der Waals surface area contributed by atoms with Crippen LogP contribution in [0.5, 0.6) is 0 Å². The van der Waals surface area contributed by atoms with Crippen molar-refractivity contribution < 1.29 is 4.74 Å². The van der Waals surface area contributed by atoms with Crippen LogP contribution in [-0.4, -0.2) is 32.3 Å². The van der Waals surface area contributed by atoms with Crippen molar-refractivity contribution in [3.63, 3.8) is 0 Å². The van der Waals surface area contributed by atoms with Crippen LogP contribution in [0.3, 0.4) is 0 Å². The summed E-state index contributed by atoms with van der Waals surface area (Å²) >= 11 is 1.83. The Kier molecular flexibility index (Phi) is 7.47. The molecule has 1 atom stereocenters. The lowest BCUT2D eigenvalue weighted by Gasteiger charge is -2.15. The lowest BCUT2D eigenvalue weighted by molar-refractivity contribution is 0.197. The van der Waals surface area contributed by atoms with E-state index in [1.54, 1.807) is 7.11 Å². The molecule has 5 nitrogen and oxygen atoms in total. The molecule has 1 unspecified atom stereocenters. The third-order valence-corrected chi connectivity index (χ3v) is 3.62. The SMILES string of the molecule is COCCCN=C(NN)NC(C)Cc1ccc(C)s1. The van der Waals surface area contributed by atoms with Crippen molar-refractivity contribution in [2.24, 2.45) is 10.8 Å². The Labute approximate surface area is 119 Å². The minimum absolute atomic E-state index is 0.287. The normalized spacial score (nSPS) is 13.4. The van der Waals surface area contributed by atoms with Gasteiger partial charge in [-0.3, -0.25) is 10.4 Å². The first kappa shape index (κ1) is 15.9. The molecule has 1 rings (SSSR count). The number of nitrogens with one attached hydrogen (secondary N) is 2. The van der Waals surface area contributed by atoms with Crippen molar-refractivity contribution in [3.8, 4) is 0 Å². The van der Waals surface area contributed by atoms with Gasteiger partial charge >= 0.3 is 0 Å². The average molecular weight is 284 g/mol. The monoisotopic (exact) mass is 284 g/mol. The molecular formula is C13H24N4OS. The predicted octanol–water partition coefficient (Wildman–Crippen LogP) is 1.43. The molecule has 0 aliphatic carbocycles. The van der Waals surface area contributed by atoms with E-state index in [2.05, 4.69) is 41.7 Å².